The van der Waals surface area contributed by atoms with Crippen LogP contribution in [0.3, 0.4) is 0 Å². The molecule has 0 radical (unpaired) electrons. The number of carbonyl (C=O) groups is 1. The summed E-state index contributed by atoms with van der Waals surface area (Å²) in [7, 11) is 0. The largest absolute Gasteiger partial charge is 0.489 e. The molecule has 1 aliphatic rings. The summed E-state index contributed by atoms with van der Waals surface area (Å²) in [6, 6.07) is 17.4. The Morgan fingerprint density at radius 1 is 1.12 bits per heavy atom. The molecule has 2 aromatic heterocycles. The molecule has 0 saturated carbocycles. The summed E-state index contributed by atoms with van der Waals surface area (Å²) >= 11 is 0. The van der Waals surface area contributed by atoms with Gasteiger partial charge >= 0.3 is 0 Å². The van der Waals surface area contributed by atoms with Crippen LogP contribution in [0.1, 0.15) is 21.6 Å². The molecule has 0 N–H and O–H groups in total. The lowest BCUT2D eigenvalue weighted by Crippen LogP contribution is -2.36. The van der Waals surface area contributed by atoms with Crippen molar-refractivity contribution in [3.05, 3.63) is 102 Å². The van der Waals surface area contributed by atoms with Gasteiger partial charge in [-0.15, -0.1) is 0 Å². The van der Waals surface area contributed by atoms with Crippen LogP contribution in [-0.4, -0.2) is 46.5 Å². The average molecular weight is 460 g/mol. The van der Waals surface area contributed by atoms with Crippen molar-refractivity contribution in [2.24, 2.45) is 5.92 Å². The van der Waals surface area contributed by atoms with E-state index < -0.39 is 0 Å². The fourth-order valence-electron chi connectivity index (χ4n) is 4.30. The quantitative estimate of drug-likeness (QED) is 0.429. The summed E-state index contributed by atoms with van der Waals surface area (Å²) in [6.45, 7) is 2.54. The Morgan fingerprint density at radius 3 is 2.88 bits per heavy atom. The second-order valence-electron chi connectivity index (χ2n) is 8.51. The lowest BCUT2D eigenvalue weighted by atomic mass is 10.0. The van der Waals surface area contributed by atoms with E-state index >= 15 is 0 Å². The smallest absolute Gasteiger partial charge is 0.254 e. The maximum atomic E-state index is 13.3. The Kier molecular flexibility index (Phi) is 6.53. The summed E-state index contributed by atoms with van der Waals surface area (Å²) in [5.74, 6) is 0.425. The topological polar surface area (TPSA) is 56.1 Å². The second kappa shape index (κ2) is 10.1. The molecule has 0 spiro atoms. The normalized spacial score (nSPS) is 16.4. The van der Waals surface area contributed by atoms with Gasteiger partial charge in [-0.1, -0.05) is 18.2 Å². The minimum Gasteiger partial charge on any atom is -0.489 e. The molecule has 7 heteroatoms. The van der Waals surface area contributed by atoms with Gasteiger partial charge in [-0.25, -0.2) is 4.39 Å². The zero-order valence-electron chi connectivity index (χ0n) is 18.8. The van der Waals surface area contributed by atoms with Crippen LogP contribution in [0.5, 0.6) is 5.75 Å². The third kappa shape index (κ3) is 5.10. The number of nitrogens with zero attached hydrogens (tertiary/aromatic N) is 3. The lowest BCUT2D eigenvalue weighted by molar-refractivity contribution is 0.0736. The Hall–Kier alpha value is -3.71. The van der Waals surface area contributed by atoms with Crippen molar-refractivity contribution in [1.82, 2.24) is 14.3 Å². The molecule has 3 heterocycles. The fourth-order valence-corrected chi connectivity index (χ4v) is 4.30. The molecule has 2 aromatic carbocycles. The van der Waals surface area contributed by atoms with Crippen LogP contribution in [0.25, 0.3) is 5.52 Å². The van der Waals surface area contributed by atoms with Crippen LogP contribution in [0.15, 0.2) is 79.3 Å². The Balaban J connectivity index is 1.26. The van der Waals surface area contributed by atoms with Gasteiger partial charge in [0.05, 0.1) is 24.4 Å². The summed E-state index contributed by atoms with van der Waals surface area (Å²) in [6.07, 6.45) is 6.48. The number of halogens is 1. The minimum atomic E-state index is -0.280. The molecule has 4 aromatic rings. The first-order chi connectivity index (χ1) is 16.7. The molecule has 1 aliphatic heterocycles. The number of ether oxygens (including phenoxy) is 2. The highest BCUT2D eigenvalue weighted by molar-refractivity contribution is 5.94. The first-order valence-electron chi connectivity index (χ1n) is 11.4. The molecule has 1 amide bonds. The number of rotatable bonds is 6. The van der Waals surface area contributed by atoms with Gasteiger partial charge in [-0.2, -0.15) is 0 Å². The van der Waals surface area contributed by atoms with Gasteiger partial charge in [0.1, 0.15) is 18.2 Å². The number of fused-ring (bicyclic) bond motifs is 1. The molecule has 174 valence electrons. The molecular weight excluding hydrogens is 433 g/mol. The molecule has 1 unspecified atom stereocenters. The monoisotopic (exact) mass is 459 g/mol. The Labute approximate surface area is 197 Å². The van der Waals surface area contributed by atoms with Crippen molar-refractivity contribution >= 4 is 11.4 Å². The van der Waals surface area contributed by atoms with E-state index in [9.17, 15) is 9.18 Å². The van der Waals surface area contributed by atoms with E-state index in [1.54, 1.807) is 30.5 Å². The highest BCUT2D eigenvalue weighted by Crippen LogP contribution is 2.21. The zero-order chi connectivity index (χ0) is 23.3. The van der Waals surface area contributed by atoms with Crippen LogP contribution in [0.4, 0.5) is 4.39 Å². The van der Waals surface area contributed by atoms with Gasteiger partial charge in [-0.05, 0) is 54.4 Å². The molecule has 5 rings (SSSR count). The number of hydrogen-bond donors (Lipinski definition) is 0. The van der Waals surface area contributed by atoms with Gasteiger partial charge in [0, 0.05) is 43.2 Å². The molecule has 0 aliphatic carbocycles. The average Bonchev–Trinajstić information content (AvgIpc) is 3.23. The highest BCUT2D eigenvalue weighted by Gasteiger charge is 2.25. The first kappa shape index (κ1) is 22.1. The van der Waals surface area contributed by atoms with Gasteiger partial charge in [0.2, 0.25) is 0 Å². The van der Waals surface area contributed by atoms with Crippen LogP contribution >= 0.6 is 0 Å². The maximum Gasteiger partial charge on any atom is 0.254 e. The van der Waals surface area contributed by atoms with Gasteiger partial charge < -0.3 is 18.8 Å². The third-order valence-corrected chi connectivity index (χ3v) is 6.04. The molecular formula is C27H26FN3O3. The SMILES string of the molecule is O=C(c1cccc(OCc2ccc(F)cc2)c1)N1CCOCC(Cc2nccn3cccc23)C1. The number of hydrogen-bond acceptors (Lipinski definition) is 4. The maximum absolute atomic E-state index is 13.3. The van der Waals surface area contributed by atoms with Crippen LogP contribution in [-0.2, 0) is 17.8 Å². The van der Waals surface area contributed by atoms with Gasteiger partial charge in [-0.3, -0.25) is 9.78 Å². The van der Waals surface area contributed by atoms with Crippen molar-refractivity contribution < 1.29 is 18.7 Å². The molecule has 6 nitrogen and oxygen atoms in total. The van der Waals surface area contributed by atoms with Crippen molar-refractivity contribution in [2.75, 3.05) is 26.3 Å². The number of carbonyl (C=O) groups excluding carboxylic acids is 1. The molecule has 1 saturated heterocycles. The van der Waals surface area contributed by atoms with E-state index in [2.05, 4.69) is 15.5 Å². The van der Waals surface area contributed by atoms with Crippen molar-refractivity contribution in [1.29, 1.82) is 0 Å². The van der Waals surface area contributed by atoms with Gasteiger partial charge in [0.25, 0.3) is 5.91 Å². The van der Waals surface area contributed by atoms with Crippen LogP contribution < -0.4 is 4.74 Å². The van der Waals surface area contributed by atoms with E-state index in [0.717, 1.165) is 23.2 Å². The van der Waals surface area contributed by atoms with E-state index in [4.69, 9.17) is 9.47 Å². The summed E-state index contributed by atoms with van der Waals surface area (Å²) < 4.78 is 26.8. The highest BCUT2D eigenvalue weighted by atomic mass is 19.1. The number of amides is 1. The molecule has 1 atom stereocenters. The molecule has 1 fully saturated rings. The van der Waals surface area contributed by atoms with E-state index in [1.807, 2.05) is 35.5 Å². The van der Waals surface area contributed by atoms with Crippen LogP contribution in [0.2, 0.25) is 0 Å². The third-order valence-electron chi connectivity index (χ3n) is 6.04. The lowest BCUT2D eigenvalue weighted by Gasteiger charge is -2.24. The minimum absolute atomic E-state index is 0.0448. The predicted molar refractivity (Wildman–Crippen MR) is 126 cm³/mol. The van der Waals surface area contributed by atoms with Crippen molar-refractivity contribution in [2.45, 2.75) is 13.0 Å². The number of benzene rings is 2. The standard InChI is InChI=1S/C27H26FN3O3/c28-23-8-6-20(7-9-23)19-34-24-4-1-3-22(16-24)27(32)31-13-14-33-18-21(17-31)15-25-26-5-2-11-30(26)12-10-29-25/h1-12,16,21H,13-15,17-19H2. The second-order valence-corrected chi connectivity index (χ2v) is 8.51. The Morgan fingerprint density at radius 2 is 2.00 bits per heavy atom. The molecule has 0 bridgehead atoms. The van der Waals surface area contributed by atoms with Crippen LogP contribution in [0, 0.1) is 11.7 Å². The van der Waals surface area contributed by atoms with E-state index in [1.165, 1.54) is 12.1 Å². The zero-order valence-corrected chi connectivity index (χ0v) is 18.8. The first-order valence-corrected chi connectivity index (χ1v) is 11.4. The Bertz CT molecular complexity index is 1270. The summed E-state index contributed by atoms with van der Waals surface area (Å²) in [5.41, 5.74) is 3.52. The van der Waals surface area contributed by atoms with Crippen molar-refractivity contribution in [3.8, 4) is 5.75 Å². The van der Waals surface area contributed by atoms with Crippen molar-refractivity contribution in [3.63, 3.8) is 0 Å². The van der Waals surface area contributed by atoms with E-state index in [-0.39, 0.29) is 17.6 Å². The fraction of sp³-hybridized carbons (Fsp3) is 0.259. The van der Waals surface area contributed by atoms with Gasteiger partial charge in [0.15, 0.2) is 0 Å². The summed E-state index contributed by atoms with van der Waals surface area (Å²) in [4.78, 5) is 19.8. The number of aromatic nitrogens is 2. The molecule has 34 heavy (non-hydrogen) atoms. The van der Waals surface area contributed by atoms with E-state index in [0.29, 0.717) is 44.2 Å². The summed E-state index contributed by atoms with van der Waals surface area (Å²) in [5, 5.41) is 0. The predicted octanol–water partition coefficient (Wildman–Crippen LogP) is 4.38.